The molecule has 1 unspecified atom stereocenters. The monoisotopic (exact) mass is 373 g/mol. The van der Waals surface area contributed by atoms with E-state index in [1.807, 2.05) is 37.8 Å². The summed E-state index contributed by atoms with van der Waals surface area (Å²) in [7, 11) is 0. The number of hydrogen-bond acceptors (Lipinski definition) is 3. The smallest absolute Gasteiger partial charge is 0.323 e. The van der Waals surface area contributed by atoms with E-state index >= 15 is 0 Å². The quantitative estimate of drug-likeness (QED) is 0.785. The lowest BCUT2D eigenvalue weighted by Crippen LogP contribution is -2.42. The van der Waals surface area contributed by atoms with Gasteiger partial charge < -0.3 is 9.42 Å². The standard InChI is InChI=1S/C20H24ClN3O2/c1-12-7-16(10-18(21)8-12)9-17-5-6-24(11-13(17)2)20(25)22-19-14(3)15(4)26-23-19/h7-10,13H,5-6,11H2,1-4H3,(H,22,23,25)/b17-9+. The van der Waals surface area contributed by atoms with Crippen LogP contribution in [-0.2, 0) is 0 Å². The Labute approximate surface area is 159 Å². The van der Waals surface area contributed by atoms with Crippen molar-refractivity contribution in [2.75, 3.05) is 18.4 Å². The number of carbonyl (C=O) groups excluding carboxylic acids is 1. The van der Waals surface area contributed by atoms with Crippen molar-refractivity contribution >= 4 is 29.5 Å². The van der Waals surface area contributed by atoms with Crippen LogP contribution in [0.15, 0.2) is 28.3 Å². The summed E-state index contributed by atoms with van der Waals surface area (Å²) in [5, 5.41) is 7.49. The fraction of sp³-hybridized carbons (Fsp3) is 0.400. The Bertz CT molecular complexity index is 836. The predicted octanol–water partition coefficient (Wildman–Crippen LogP) is 5.21. The molecule has 2 heterocycles. The Hall–Kier alpha value is -2.27. The molecule has 0 aliphatic carbocycles. The summed E-state index contributed by atoms with van der Waals surface area (Å²) in [6, 6.07) is 5.92. The van der Waals surface area contributed by atoms with Gasteiger partial charge in [0.15, 0.2) is 5.82 Å². The molecule has 1 saturated heterocycles. The molecule has 2 amide bonds. The molecule has 1 aliphatic heterocycles. The summed E-state index contributed by atoms with van der Waals surface area (Å²) in [5.74, 6) is 1.50. The highest BCUT2D eigenvalue weighted by atomic mass is 35.5. The van der Waals surface area contributed by atoms with Crippen molar-refractivity contribution < 1.29 is 9.32 Å². The van der Waals surface area contributed by atoms with E-state index in [-0.39, 0.29) is 11.9 Å². The molecular weight excluding hydrogens is 350 g/mol. The van der Waals surface area contributed by atoms with Crippen LogP contribution in [0.2, 0.25) is 5.02 Å². The average Bonchev–Trinajstić information content (AvgIpc) is 2.88. The Morgan fingerprint density at radius 2 is 2.12 bits per heavy atom. The molecule has 5 nitrogen and oxygen atoms in total. The number of urea groups is 1. The van der Waals surface area contributed by atoms with Gasteiger partial charge in [-0.1, -0.05) is 41.4 Å². The van der Waals surface area contributed by atoms with Crippen molar-refractivity contribution in [2.45, 2.75) is 34.1 Å². The minimum atomic E-state index is -0.133. The molecule has 0 spiro atoms. The number of anilines is 1. The highest BCUT2D eigenvalue weighted by molar-refractivity contribution is 6.30. The van der Waals surface area contributed by atoms with Gasteiger partial charge in [0.05, 0.1) is 0 Å². The van der Waals surface area contributed by atoms with E-state index in [1.165, 1.54) is 5.57 Å². The molecule has 26 heavy (non-hydrogen) atoms. The zero-order valence-corrected chi connectivity index (χ0v) is 16.4. The fourth-order valence-corrected chi connectivity index (χ4v) is 3.52. The Morgan fingerprint density at radius 3 is 2.73 bits per heavy atom. The SMILES string of the molecule is Cc1cc(Cl)cc(/C=C2\CCN(C(=O)Nc3noc(C)c3C)CC2C)c1. The number of aryl methyl sites for hydroxylation is 2. The second-order valence-corrected chi connectivity index (χ2v) is 7.46. The Kier molecular flexibility index (Phi) is 5.37. The second kappa shape index (κ2) is 7.54. The van der Waals surface area contributed by atoms with Crippen molar-refractivity contribution in [3.8, 4) is 0 Å². The lowest BCUT2D eigenvalue weighted by molar-refractivity contribution is 0.197. The van der Waals surface area contributed by atoms with Crippen LogP contribution in [0.3, 0.4) is 0 Å². The zero-order valence-electron chi connectivity index (χ0n) is 15.6. The lowest BCUT2D eigenvalue weighted by atomic mass is 9.91. The van der Waals surface area contributed by atoms with Gasteiger partial charge in [-0.25, -0.2) is 4.79 Å². The molecule has 3 rings (SSSR count). The van der Waals surface area contributed by atoms with Crippen LogP contribution in [0.5, 0.6) is 0 Å². The summed E-state index contributed by atoms with van der Waals surface area (Å²) < 4.78 is 5.10. The predicted molar refractivity (Wildman–Crippen MR) is 105 cm³/mol. The number of amides is 2. The van der Waals surface area contributed by atoms with Gasteiger partial charge in [-0.3, -0.25) is 5.32 Å². The molecule has 1 fully saturated rings. The Balaban J connectivity index is 1.67. The minimum Gasteiger partial charge on any atom is -0.359 e. The van der Waals surface area contributed by atoms with Gasteiger partial charge in [0.25, 0.3) is 0 Å². The summed E-state index contributed by atoms with van der Waals surface area (Å²) >= 11 is 6.16. The van der Waals surface area contributed by atoms with E-state index in [0.717, 1.165) is 28.1 Å². The number of rotatable bonds is 2. The average molecular weight is 374 g/mol. The first kappa shape index (κ1) is 18.5. The molecule has 1 aromatic carbocycles. The highest BCUT2D eigenvalue weighted by Gasteiger charge is 2.25. The molecule has 1 N–H and O–H groups in total. The van der Waals surface area contributed by atoms with Gasteiger partial charge >= 0.3 is 6.03 Å². The summed E-state index contributed by atoms with van der Waals surface area (Å²) in [5.41, 5.74) is 4.46. The first-order valence-electron chi connectivity index (χ1n) is 8.80. The number of halogens is 1. The number of carbonyl (C=O) groups is 1. The summed E-state index contributed by atoms with van der Waals surface area (Å²) in [4.78, 5) is 14.4. The number of piperidine rings is 1. The van der Waals surface area contributed by atoms with Crippen LogP contribution in [0.4, 0.5) is 10.6 Å². The van der Waals surface area contributed by atoms with Crippen molar-refractivity contribution in [1.29, 1.82) is 0 Å². The molecule has 6 heteroatoms. The molecule has 0 radical (unpaired) electrons. The van der Waals surface area contributed by atoms with Gasteiger partial charge in [-0.2, -0.15) is 0 Å². The molecule has 0 saturated carbocycles. The maximum atomic E-state index is 12.5. The molecule has 1 aromatic heterocycles. The van der Waals surface area contributed by atoms with E-state index in [1.54, 1.807) is 0 Å². The van der Waals surface area contributed by atoms with Crippen LogP contribution in [0.1, 0.15) is 35.8 Å². The van der Waals surface area contributed by atoms with Gasteiger partial charge in [-0.05, 0) is 56.4 Å². The zero-order chi connectivity index (χ0) is 18.8. The number of likely N-dealkylation sites (tertiary alicyclic amines) is 1. The highest BCUT2D eigenvalue weighted by Crippen LogP contribution is 2.27. The molecule has 2 aromatic rings. The van der Waals surface area contributed by atoms with E-state index in [9.17, 15) is 4.79 Å². The van der Waals surface area contributed by atoms with Crippen LogP contribution < -0.4 is 5.32 Å². The van der Waals surface area contributed by atoms with Gasteiger partial charge in [0.2, 0.25) is 0 Å². The first-order valence-corrected chi connectivity index (χ1v) is 9.17. The number of nitrogens with one attached hydrogen (secondary N) is 1. The topological polar surface area (TPSA) is 58.4 Å². The van der Waals surface area contributed by atoms with Crippen LogP contribution in [0, 0.1) is 26.7 Å². The number of benzene rings is 1. The third-order valence-electron chi connectivity index (χ3n) is 4.88. The number of hydrogen-bond donors (Lipinski definition) is 1. The molecule has 0 bridgehead atoms. The summed E-state index contributed by atoms with van der Waals surface area (Å²) in [6.07, 6.45) is 3.04. The maximum absolute atomic E-state index is 12.5. The lowest BCUT2D eigenvalue weighted by Gasteiger charge is -2.33. The van der Waals surface area contributed by atoms with Crippen LogP contribution >= 0.6 is 11.6 Å². The van der Waals surface area contributed by atoms with Crippen LogP contribution in [0.25, 0.3) is 6.08 Å². The molecule has 1 atom stereocenters. The van der Waals surface area contributed by atoms with Crippen molar-refractivity contribution in [3.63, 3.8) is 0 Å². The summed E-state index contributed by atoms with van der Waals surface area (Å²) in [6.45, 7) is 9.25. The Morgan fingerprint density at radius 1 is 1.35 bits per heavy atom. The van der Waals surface area contributed by atoms with E-state index in [0.29, 0.717) is 24.7 Å². The molecule has 1 aliphatic rings. The third-order valence-corrected chi connectivity index (χ3v) is 5.10. The minimum absolute atomic E-state index is 0.133. The van der Waals surface area contributed by atoms with Crippen molar-refractivity contribution in [1.82, 2.24) is 10.1 Å². The molecular formula is C20H24ClN3O2. The number of aromatic nitrogens is 1. The van der Waals surface area contributed by atoms with Crippen LogP contribution in [-0.4, -0.2) is 29.2 Å². The maximum Gasteiger partial charge on any atom is 0.323 e. The van der Waals surface area contributed by atoms with Gasteiger partial charge in [-0.15, -0.1) is 0 Å². The fourth-order valence-electron chi connectivity index (χ4n) is 3.23. The van der Waals surface area contributed by atoms with E-state index < -0.39 is 0 Å². The van der Waals surface area contributed by atoms with Gasteiger partial charge in [0, 0.05) is 23.7 Å². The van der Waals surface area contributed by atoms with E-state index in [2.05, 4.69) is 29.5 Å². The number of nitrogens with zero attached hydrogens (tertiary/aromatic N) is 2. The van der Waals surface area contributed by atoms with E-state index in [4.69, 9.17) is 16.1 Å². The van der Waals surface area contributed by atoms with Crippen molar-refractivity contribution in [2.24, 2.45) is 5.92 Å². The van der Waals surface area contributed by atoms with Crippen molar-refractivity contribution in [3.05, 3.63) is 51.2 Å². The first-order chi connectivity index (χ1) is 12.3. The normalized spacial score (nSPS) is 19.0. The third kappa shape index (κ3) is 4.10. The second-order valence-electron chi connectivity index (χ2n) is 7.02. The van der Waals surface area contributed by atoms with Gasteiger partial charge in [0.1, 0.15) is 5.76 Å². The molecule has 138 valence electrons. The largest absolute Gasteiger partial charge is 0.359 e.